The highest BCUT2D eigenvalue weighted by molar-refractivity contribution is 5.97. The van der Waals surface area contributed by atoms with Crippen molar-refractivity contribution in [2.24, 2.45) is 5.11 Å². The Hall–Kier alpha value is -1.90. The molecule has 2 aromatic rings. The number of benzene rings is 2. The van der Waals surface area contributed by atoms with Gasteiger partial charge in [0.1, 0.15) is 0 Å². The molecule has 0 aromatic heterocycles. The zero-order valence-corrected chi connectivity index (χ0v) is 6.94. The van der Waals surface area contributed by atoms with Crippen molar-refractivity contribution in [3.05, 3.63) is 41.9 Å². The highest BCUT2D eigenvalue weighted by atomic mass is 15.0. The van der Waals surface area contributed by atoms with E-state index in [1.54, 1.807) is 6.07 Å². The van der Waals surface area contributed by atoms with Crippen molar-refractivity contribution in [2.75, 3.05) is 5.73 Å². The first-order valence-electron chi connectivity index (χ1n) is 3.95. The molecule has 0 bridgehead atoms. The molecule has 0 unspecified atom stereocenters. The van der Waals surface area contributed by atoms with E-state index in [9.17, 15) is 0 Å². The van der Waals surface area contributed by atoms with Crippen molar-refractivity contribution in [1.82, 2.24) is 0 Å². The van der Waals surface area contributed by atoms with E-state index in [1.165, 1.54) is 0 Å². The van der Waals surface area contributed by atoms with Gasteiger partial charge in [-0.15, -0.1) is 0 Å². The van der Waals surface area contributed by atoms with Crippen molar-refractivity contribution in [2.45, 2.75) is 0 Å². The average Bonchev–Trinajstić information content (AvgIpc) is 2.18. The van der Waals surface area contributed by atoms with Crippen LogP contribution < -0.4 is 5.73 Å². The van der Waals surface area contributed by atoms with Crippen molar-refractivity contribution in [3.63, 3.8) is 0 Å². The standard InChI is InChI=1S/C10H8N3/c11-9-6-5-7-3-1-2-4-8(7)10(9)13-12/h1-6H,11H2/q-1. The number of fused-ring (bicyclic) bond motifs is 1. The highest BCUT2D eigenvalue weighted by Crippen LogP contribution is 2.31. The number of nitrogens with two attached hydrogens (primary N) is 1. The summed E-state index contributed by atoms with van der Waals surface area (Å²) in [4.78, 5) is 0. The van der Waals surface area contributed by atoms with Crippen molar-refractivity contribution in [3.8, 4) is 0 Å². The molecule has 0 saturated heterocycles. The zero-order chi connectivity index (χ0) is 9.26. The van der Waals surface area contributed by atoms with E-state index in [4.69, 9.17) is 11.3 Å². The summed E-state index contributed by atoms with van der Waals surface area (Å²) in [5.74, 6) is 0. The van der Waals surface area contributed by atoms with Gasteiger partial charge in [0.2, 0.25) is 0 Å². The van der Waals surface area contributed by atoms with Crippen molar-refractivity contribution >= 4 is 22.1 Å². The lowest BCUT2D eigenvalue weighted by atomic mass is 10.1. The summed E-state index contributed by atoms with van der Waals surface area (Å²) in [5.41, 5.74) is 15.3. The van der Waals surface area contributed by atoms with Crippen LogP contribution in [0, 0.1) is 0 Å². The van der Waals surface area contributed by atoms with Crippen LogP contribution in [0.5, 0.6) is 0 Å². The number of hydrogen-bond donors (Lipinski definition) is 1. The third-order valence-corrected chi connectivity index (χ3v) is 2.03. The fraction of sp³-hybridized carbons (Fsp3) is 0. The van der Waals surface area contributed by atoms with E-state index in [0.29, 0.717) is 11.4 Å². The molecule has 0 atom stereocenters. The highest BCUT2D eigenvalue weighted by Gasteiger charge is 1.99. The second-order valence-electron chi connectivity index (χ2n) is 2.82. The normalized spacial score (nSPS) is 10.2. The molecule has 0 aliphatic rings. The van der Waals surface area contributed by atoms with Gasteiger partial charge >= 0.3 is 0 Å². The molecule has 0 heterocycles. The van der Waals surface area contributed by atoms with Crippen LogP contribution in [0.3, 0.4) is 0 Å². The summed E-state index contributed by atoms with van der Waals surface area (Å²) in [5, 5.41) is 5.06. The molecule has 2 aromatic carbocycles. The molecule has 0 radical (unpaired) electrons. The van der Waals surface area contributed by atoms with E-state index < -0.39 is 0 Å². The van der Waals surface area contributed by atoms with Crippen LogP contribution in [-0.2, 0) is 0 Å². The Balaban J connectivity index is 2.91. The van der Waals surface area contributed by atoms with Gasteiger partial charge in [0, 0.05) is 5.39 Å². The van der Waals surface area contributed by atoms with Gasteiger partial charge in [0.05, 0.1) is 11.4 Å². The predicted molar refractivity (Wildman–Crippen MR) is 53.8 cm³/mol. The maximum absolute atomic E-state index is 8.76. The monoisotopic (exact) mass is 170 g/mol. The molecule has 64 valence electrons. The van der Waals surface area contributed by atoms with Crippen LogP contribution in [0.4, 0.5) is 11.4 Å². The Morgan fingerprint density at radius 2 is 1.85 bits per heavy atom. The molecule has 0 aliphatic carbocycles. The van der Waals surface area contributed by atoms with E-state index in [1.807, 2.05) is 30.3 Å². The quantitative estimate of drug-likeness (QED) is 0.518. The van der Waals surface area contributed by atoms with Gasteiger partial charge in [-0.3, -0.25) is 0 Å². The molecule has 0 aliphatic heterocycles. The first kappa shape index (κ1) is 7.73. The van der Waals surface area contributed by atoms with Crippen molar-refractivity contribution < 1.29 is 0 Å². The molecule has 0 saturated carbocycles. The van der Waals surface area contributed by atoms with Crippen LogP contribution in [0.1, 0.15) is 0 Å². The molecule has 0 amide bonds. The minimum absolute atomic E-state index is 0.443. The summed E-state index contributed by atoms with van der Waals surface area (Å²) in [6.07, 6.45) is 0. The van der Waals surface area contributed by atoms with E-state index in [0.717, 1.165) is 10.8 Å². The average molecular weight is 170 g/mol. The minimum Gasteiger partial charge on any atom is -0.706 e. The molecule has 3 nitrogen and oxygen atoms in total. The van der Waals surface area contributed by atoms with Crippen LogP contribution in [-0.4, -0.2) is 0 Å². The summed E-state index contributed by atoms with van der Waals surface area (Å²) >= 11 is 0. The summed E-state index contributed by atoms with van der Waals surface area (Å²) < 4.78 is 0. The number of rotatable bonds is 1. The first-order chi connectivity index (χ1) is 6.33. The Morgan fingerprint density at radius 1 is 1.08 bits per heavy atom. The lowest BCUT2D eigenvalue weighted by Crippen LogP contribution is -1.85. The summed E-state index contributed by atoms with van der Waals surface area (Å²) in [7, 11) is 0. The van der Waals surface area contributed by atoms with Crippen LogP contribution in [0.15, 0.2) is 41.5 Å². The number of nitrogen functional groups attached to an aromatic ring is 1. The fourth-order valence-electron chi connectivity index (χ4n) is 1.38. The number of anilines is 1. The summed E-state index contributed by atoms with van der Waals surface area (Å²) in [6.45, 7) is 0. The largest absolute Gasteiger partial charge is 0.706 e. The third-order valence-electron chi connectivity index (χ3n) is 2.03. The Labute approximate surface area is 75.7 Å². The molecule has 0 fully saturated rings. The second-order valence-corrected chi connectivity index (χ2v) is 2.82. The van der Waals surface area contributed by atoms with Gasteiger partial charge < -0.3 is 16.4 Å². The minimum atomic E-state index is 0.443. The zero-order valence-electron chi connectivity index (χ0n) is 6.94. The van der Waals surface area contributed by atoms with Gasteiger partial charge in [-0.1, -0.05) is 30.3 Å². The van der Waals surface area contributed by atoms with E-state index in [2.05, 4.69) is 5.11 Å². The summed E-state index contributed by atoms with van der Waals surface area (Å²) in [6, 6.07) is 11.3. The Kier molecular flexibility index (Phi) is 1.70. The van der Waals surface area contributed by atoms with Gasteiger partial charge in [-0.2, -0.15) is 0 Å². The smallest absolute Gasteiger partial charge is 0.0709 e. The van der Waals surface area contributed by atoms with Gasteiger partial charge in [-0.05, 0) is 11.5 Å². The Bertz CT molecular complexity index is 463. The maximum Gasteiger partial charge on any atom is 0.0709 e. The van der Waals surface area contributed by atoms with Crippen LogP contribution in [0.2, 0.25) is 0 Å². The molecule has 0 spiro atoms. The molecule has 13 heavy (non-hydrogen) atoms. The van der Waals surface area contributed by atoms with Crippen LogP contribution in [0.25, 0.3) is 16.3 Å². The lowest BCUT2D eigenvalue weighted by Gasteiger charge is -2.06. The SMILES string of the molecule is [N-]=Nc1c(N)ccc2ccccc12. The fourth-order valence-corrected chi connectivity index (χ4v) is 1.38. The molecule has 2 N–H and O–H groups in total. The van der Waals surface area contributed by atoms with Crippen molar-refractivity contribution in [1.29, 1.82) is 0 Å². The molecular formula is C10H8N3-. The molecule has 3 heteroatoms. The van der Waals surface area contributed by atoms with E-state index >= 15 is 0 Å². The third kappa shape index (κ3) is 1.14. The molecular weight excluding hydrogens is 162 g/mol. The predicted octanol–water partition coefficient (Wildman–Crippen LogP) is 3.08. The maximum atomic E-state index is 8.76. The van der Waals surface area contributed by atoms with Gasteiger partial charge in [-0.25, -0.2) is 0 Å². The topological polar surface area (TPSA) is 60.7 Å². The van der Waals surface area contributed by atoms with E-state index in [-0.39, 0.29) is 0 Å². The Morgan fingerprint density at radius 3 is 2.62 bits per heavy atom. The lowest BCUT2D eigenvalue weighted by molar-refractivity contribution is 1.53. The molecule has 2 rings (SSSR count). The van der Waals surface area contributed by atoms with Gasteiger partial charge in [0.15, 0.2) is 0 Å². The second kappa shape index (κ2) is 2.86. The first-order valence-corrected chi connectivity index (χ1v) is 3.95. The van der Waals surface area contributed by atoms with Crippen LogP contribution >= 0.6 is 0 Å². The number of hydrogen-bond acceptors (Lipinski definition) is 2. The van der Waals surface area contributed by atoms with Gasteiger partial charge in [0.25, 0.3) is 0 Å². The number of nitrogens with zero attached hydrogens (tertiary/aromatic N) is 2.